The van der Waals surface area contributed by atoms with Gasteiger partial charge in [0.1, 0.15) is 0 Å². The van der Waals surface area contributed by atoms with Gasteiger partial charge in [-0.2, -0.15) is 0 Å². The van der Waals surface area contributed by atoms with E-state index in [2.05, 4.69) is 30.9 Å². The average molecular weight is 429 g/mol. The predicted molar refractivity (Wildman–Crippen MR) is 104 cm³/mol. The Kier molecular flexibility index (Phi) is 14.0. The van der Waals surface area contributed by atoms with Gasteiger partial charge in [-0.25, -0.2) is 0 Å². The molecule has 0 amide bonds. The quantitative estimate of drug-likeness (QED) is 0.146. The fraction of sp³-hybridized carbons (Fsp3) is 0.750. The van der Waals surface area contributed by atoms with Gasteiger partial charge in [-0.1, -0.05) is 0 Å². The molecular formula is C20H38O2Sn. The van der Waals surface area contributed by atoms with Gasteiger partial charge in [0.05, 0.1) is 0 Å². The van der Waals surface area contributed by atoms with Crippen LogP contribution in [-0.4, -0.2) is 31.0 Å². The molecule has 0 aliphatic carbocycles. The van der Waals surface area contributed by atoms with Gasteiger partial charge in [-0.15, -0.1) is 0 Å². The summed E-state index contributed by atoms with van der Waals surface area (Å²) < 4.78 is 12.0. The molecule has 0 aliphatic rings. The van der Waals surface area contributed by atoms with E-state index in [1.807, 2.05) is 19.9 Å². The minimum absolute atomic E-state index is 0.186. The van der Waals surface area contributed by atoms with E-state index >= 15 is 0 Å². The molecule has 0 bridgehead atoms. The van der Waals surface area contributed by atoms with Crippen molar-refractivity contribution in [3.63, 3.8) is 0 Å². The van der Waals surface area contributed by atoms with Crippen molar-refractivity contribution in [2.24, 2.45) is 0 Å². The Labute approximate surface area is 148 Å². The number of esters is 1. The van der Waals surface area contributed by atoms with E-state index in [-0.39, 0.29) is 5.97 Å². The zero-order valence-electron chi connectivity index (χ0n) is 16.1. The summed E-state index contributed by atoms with van der Waals surface area (Å²) in [4.78, 5) is 11.7. The second-order valence-electron chi connectivity index (χ2n) is 6.60. The number of unbranched alkanes of at least 4 members (excludes halogenated alkanes) is 3. The molecule has 0 rings (SSSR count). The van der Waals surface area contributed by atoms with Crippen molar-refractivity contribution in [2.45, 2.75) is 86.5 Å². The van der Waals surface area contributed by atoms with Crippen LogP contribution in [0.5, 0.6) is 0 Å². The van der Waals surface area contributed by atoms with E-state index in [1.54, 1.807) is 0 Å². The maximum absolute atomic E-state index is 11.7. The van der Waals surface area contributed by atoms with Crippen LogP contribution >= 0.6 is 0 Å². The van der Waals surface area contributed by atoms with E-state index in [1.165, 1.54) is 51.8 Å². The van der Waals surface area contributed by atoms with Crippen LogP contribution in [0.4, 0.5) is 0 Å². The molecule has 0 atom stereocenters. The molecule has 0 heterocycles. The molecule has 134 valence electrons. The standard InChI is InChI=1S/C8H11O2.3C4H9.Sn/c1-4-6-7(3)8(9)10-5-2;3*1-3-4-2;/h1,4,6H,5H2,2-3H3;3*1,3-4H2,2H3;/b4-1?,7-6+;;;;. The first kappa shape index (κ1) is 22.7. The molecule has 23 heavy (non-hydrogen) atoms. The summed E-state index contributed by atoms with van der Waals surface area (Å²) in [6.07, 6.45) is 12.1. The molecule has 0 radical (unpaired) electrons. The van der Waals surface area contributed by atoms with E-state index < -0.39 is 18.4 Å². The van der Waals surface area contributed by atoms with Crippen molar-refractivity contribution in [3.8, 4) is 0 Å². The molecule has 0 aromatic carbocycles. The van der Waals surface area contributed by atoms with Crippen LogP contribution in [0.25, 0.3) is 0 Å². The third-order valence-electron chi connectivity index (χ3n) is 4.48. The average Bonchev–Trinajstić information content (AvgIpc) is 2.55. The number of rotatable bonds is 13. The maximum atomic E-state index is 11.7. The first-order chi connectivity index (χ1) is 11.0. The Balaban J connectivity index is 5.09. The number of carbonyl (C=O) groups is 1. The SMILES string of the molecule is CCC[CH2][Sn](/[CH]=C\C=C(/C)C(=O)OCC)([CH2]CCC)[CH2]CCC. The van der Waals surface area contributed by atoms with E-state index in [9.17, 15) is 4.79 Å². The van der Waals surface area contributed by atoms with Gasteiger partial charge in [0.25, 0.3) is 0 Å². The number of allylic oxidation sites excluding steroid dienone is 2. The number of ether oxygens (including phenoxy) is 1. The Morgan fingerprint density at radius 2 is 1.39 bits per heavy atom. The van der Waals surface area contributed by atoms with Gasteiger partial charge in [-0.3, -0.25) is 0 Å². The third-order valence-corrected chi connectivity index (χ3v) is 18.6. The zero-order valence-corrected chi connectivity index (χ0v) is 19.0. The Morgan fingerprint density at radius 1 is 0.913 bits per heavy atom. The summed E-state index contributed by atoms with van der Waals surface area (Å²) in [5, 5.41) is 0. The summed E-state index contributed by atoms with van der Waals surface area (Å²) in [6, 6.07) is 0. The van der Waals surface area contributed by atoms with Crippen molar-refractivity contribution in [1.82, 2.24) is 0 Å². The Bertz CT molecular complexity index is 350. The molecule has 0 N–H and O–H groups in total. The molecule has 2 nitrogen and oxygen atoms in total. The Hall–Kier alpha value is -0.251. The second-order valence-corrected chi connectivity index (χ2v) is 19.6. The van der Waals surface area contributed by atoms with Crippen LogP contribution in [0.2, 0.25) is 13.3 Å². The molecule has 0 saturated carbocycles. The molecular weight excluding hydrogens is 391 g/mol. The van der Waals surface area contributed by atoms with Crippen molar-refractivity contribution in [2.75, 3.05) is 6.61 Å². The van der Waals surface area contributed by atoms with Gasteiger partial charge in [-0.05, 0) is 0 Å². The number of hydrogen-bond donors (Lipinski definition) is 0. The van der Waals surface area contributed by atoms with Gasteiger partial charge in [0.15, 0.2) is 0 Å². The summed E-state index contributed by atoms with van der Waals surface area (Å²) in [7, 11) is 0. The second kappa shape index (κ2) is 14.1. The zero-order chi connectivity index (χ0) is 17.6. The summed E-state index contributed by atoms with van der Waals surface area (Å²) >= 11 is -2.20. The summed E-state index contributed by atoms with van der Waals surface area (Å²) in [6.45, 7) is 11.0. The van der Waals surface area contributed by atoms with Crippen LogP contribution in [0.3, 0.4) is 0 Å². The van der Waals surface area contributed by atoms with Gasteiger partial charge in [0, 0.05) is 0 Å². The normalized spacial score (nSPS) is 12.8. The van der Waals surface area contributed by atoms with E-state index in [0.717, 1.165) is 0 Å². The fourth-order valence-electron chi connectivity index (χ4n) is 2.92. The van der Waals surface area contributed by atoms with Crippen LogP contribution in [0, 0.1) is 0 Å². The van der Waals surface area contributed by atoms with Crippen LogP contribution in [0.15, 0.2) is 21.8 Å². The van der Waals surface area contributed by atoms with Crippen molar-refractivity contribution in [3.05, 3.63) is 21.8 Å². The molecule has 0 unspecified atom stereocenters. The van der Waals surface area contributed by atoms with E-state index in [4.69, 9.17) is 4.74 Å². The van der Waals surface area contributed by atoms with Crippen LogP contribution in [-0.2, 0) is 9.53 Å². The molecule has 0 aliphatic heterocycles. The Morgan fingerprint density at radius 3 is 1.78 bits per heavy atom. The molecule has 0 saturated heterocycles. The van der Waals surface area contributed by atoms with Gasteiger partial charge >= 0.3 is 149 Å². The molecule has 0 aromatic heterocycles. The summed E-state index contributed by atoms with van der Waals surface area (Å²) in [5.74, 6) is -0.186. The first-order valence-corrected chi connectivity index (χ1v) is 17.3. The first-order valence-electron chi connectivity index (χ1n) is 9.58. The number of carbonyl (C=O) groups excluding carboxylic acids is 1. The molecule has 3 heteroatoms. The number of hydrogen-bond acceptors (Lipinski definition) is 2. The molecule has 0 aromatic rings. The van der Waals surface area contributed by atoms with Crippen molar-refractivity contribution < 1.29 is 9.53 Å². The van der Waals surface area contributed by atoms with Crippen LogP contribution in [0.1, 0.15) is 73.1 Å². The fourth-order valence-corrected chi connectivity index (χ4v) is 17.0. The van der Waals surface area contributed by atoms with Crippen LogP contribution < -0.4 is 0 Å². The topological polar surface area (TPSA) is 26.3 Å². The van der Waals surface area contributed by atoms with Gasteiger partial charge in [0.2, 0.25) is 0 Å². The predicted octanol–water partition coefficient (Wildman–Crippen LogP) is 6.44. The molecule has 0 fully saturated rings. The summed E-state index contributed by atoms with van der Waals surface area (Å²) in [5.41, 5.74) is 0.713. The minimum atomic E-state index is -2.20. The van der Waals surface area contributed by atoms with Crippen molar-refractivity contribution in [1.29, 1.82) is 0 Å². The molecule has 0 spiro atoms. The third kappa shape index (κ3) is 10.3. The van der Waals surface area contributed by atoms with Gasteiger partial charge < -0.3 is 0 Å². The van der Waals surface area contributed by atoms with Crippen molar-refractivity contribution >= 4 is 24.3 Å². The van der Waals surface area contributed by atoms with E-state index in [0.29, 0.717) is 12.2 Å². The monoisotopic (exact) mass is 430 g/mol.